The molecule has 0 saturated heterocycles. The van der Waals surface area contributed by atoms with Crippen LogP contribution in [0.4, 0.5) is 18.9 Å². The van der Waals surface area contributed by atoms with Crippen LogP contribution >= 0.6 is 11.3 Å². The molecule has 0 unspecified atom stereocenters. The van der Waals surface area contributed by atoms with Gasteiger partial charge in [-0.15, -0.1) is 11.3 Å². The van der Waals surface area contributed by atoms with Gasteiger partial charge >= 0.3 is 12.1 Å². The summed E-state index contributed by atoms with van der Waals surface area (Å²) in [5, 5.41) is 14.6. The van der Waals surface area contributed by atoms with Crippen molar-refractivity contribution in [3.63, 3.8) is 0 Å². The molecule has 25 heavy (non-hydrogen) atoms. The molecule has 0 fully saturated rings. The van der Waals surface area contributed by atoms with Crippen molar-refractivity contribution in [2.24, 2.45) is 5.10 Å². The summed E-state index contributed by atoms with van der Waals surface area (Å²) in [7, 11) is 0. The summed E-state index contributed by atoms with van der Waals surface area (Å²) in [5.41, 5.74) is -1.85. The first-order chi connectivity index (χ1) is 11.8. The van der Waals surface area contributed by atoms with Gasteiger partial charge in [-0.05, 0) is 41.8 Å². The van der Waals surface area contributed by atoms with E-state index in [-0.39, 0.29) is 11.3 Å². The number of rotatable bonds is 3. The van der Waals surface area contributed by atoms with Gasteiger partial charge in [0.05, 0.1) is 16.8 Å². The van der Waals surface area contributed by atoms with Crippen molar-refractivity contribution in [3.05, 3.63) is 57.8 Å². The Morgan fingerprint density at radius 1 is 1.20 bits per heavy atom. The minimum atomic E-state index is -4.80. The number of halogens is 3. The minimum Gasteiger partial charge on any atom is -0.478 e. The number of carbonyl (C=O) groups excluding carboxylic acids is 1. The fraction of sp³-hybridized carbons (Fsp3) is 0.0625. The Kier molecular flexibility index (Phi) is 4.17. The van der Waals surface area contributed by atoms with Crippen molar-refractivity contribution in [2.45, 2.75) is 6.18 Å². The molecule has 0 radical (unpaired) electrons. The number of hydrogen-bond donors (Lipinski definition) is 1. The van der Waals surface area contributed by atoms with Crippen molar-refractivity contribution >= 4 is 40.7 Å². The molecule has 1 amide bonds. The third-order valence-corrected chi connectivity index (χ3v) is 4.15. The van der Waals surface area contributed by atoms with Crippen LogP contribution in [0.1, 0.15) is 15.2 Å². The maximum atomic E-state index is 13.2. The van der Waals surface area contributed by atoms with Crippen molar-refractivity contribution in [3.8, 4) is 0 Å². The Bertz CT molecular complexity index is 884. The van der Waals surface area contributed by atoms with Gasteiger partial charge in [0.15, 0.2) is 5.71 Å². The number of carbonyl (C=O) groups is 2. The molecule has 128 valence electrons. The van der Waals surface area contributed by atoms with Gasteiger partial charge < -0.3 is 5.11 Å². The van der Waals surface area contributed by atoms with E-state index in [2.05, 4.69) is 5.10 Å². The van der Waals surface area contributed by atoms with Crippen LogP contribution in [0, 0.1) is 0 Å². The highest BCUT2D eigenvalue weighted by molar-refractivity contribution is 7.10. The number of carboxylic acids is 1. The average molecular weight is 366 g/mol. The third kappa shape index (κ3) is 3.31. The smallest absolute Gasteiger partial charge is 0.435 e. The zero-order valence-corrected chi connectivity index (χ0v) is 13.1. The molecule has 0 saturated carbocycles. The van der Waals surface area contributed by atoms with E-state index in [1.807, 2.05) is 0 Å². The molecular weight excluding hydrogens is 357 g/mol. The number of thiophene rings is 1. The zero-order valence-electron chi connectivity index (χ0n) is 12.3. The molecule has 1 aromatic carbocycles. The molecule has 3 rings (SSSR count). The molecule has 2 aromatic rings. The van der Waals surface area contributed by atoms with Crippen molar-refractivity contribution in [2.75, 3.05) is 5.01 Å². The quantitative estimate of drug-likeness (QED) is 0.840. The Labute approximate surface area is 143 Å². The monoisotopic (exact) mass is 366 g/mol. The molecule has 5 nitrogen and oxygen atoms in total. The Hall–Kier alpha value is -2.94. The molecule has 0 spiro atoms. The van der Waals surface area contributed by atoms with Crippen LogP contribution < -0.4 is 5.01 Å². The maximum Gasteiger partial charge on any atom is 0.435 e. The predicted molar refractivity (Wildman–Crippen MR) is 86.7 cm³/mol. The molecule has 0 aliphatic carbocycles. The zero-order chi connectivity index (χ0) is 18.2. The molecule has 2 heterocycles. The van der Waals surface area contributed by atoms with E-state index in [9.17, 15) is 22.8 Å². The molecule has 0 atom stereocenters. The first-order valence-electron chi connectivity index (χ1n) is 6.86. The standard InChI is InChI=1S/C16H9F3N2O3S/c17-16(18,19)13-12(8-11-2-1-7-25-11)14(22)21(20-13)10-5-3-9(4-6-10)15(23)24/h1-8H,(H,23,24)/b12-8+. The van der Waals surface area contributed by atoms with Crippen LogP contribution in [0.5, 0.6) is 0 Å². The van der Waals surface area contributed by atoms with Gasteiger partial charge in [-0.25, -0.2) is 4.79 Å². The van der Waals surface area contributed by atoms with Crippen molar-refractivity contribution < 1.29 is 27.9 Å². The highest BCUT2D eigenvalue weighted by Gasteiger charge is 2.46. The minimum absolute atomic E-state index is 0.0475. The normalized spacial score (nSPS) is 16.4. The number of benzene rings is 1. The van der Waals surface area contributed by atoms with Gasteiger partial charge in [0, 0.05) is 4.88 Å². The first-order valence-corrected chi connectivity index (χ1v) is 7.74. The lowest BCUT2D eigenvalue weighted by Gasteiger charge is -2.11. The highest BCUT2D eigenvalue weighted by atomic mass is 32.1. The fourth-order valence-corrected chi connectivity index (χ4v) is 2.85. The van der Waals surface area contributed by atoms with Gasteiger partial charge in [-0.3, -0.25) is 4.79 Å². The Balaban J connectivity index is 2.03. The number of aromatic carboxylic acids is 1. The summed E-state index contributed by atoms with van der Waals surface area (Å²) >= 11 is 1.19. The first kappa shape index (κ1) is 16.9. The van der Waals surface area contributed by atoms with E-state index in [1.54, 1.807) is 17.5 Å². The third-order valence-electron chi connectivity index (χ3n) is 3.34. The number of anilines is 1. The molecular formula is C16H9F3N2O3S. The fourth-order valence-electron chi connectivity index (χ4n) is 2.19. The number of carboxylic acid groups (broad SMARTS) is 1. The molecule has 0 bridgehead atoms. The highest BCUT2D eigenvalue weighted by Crippen LogP contribution is 2.33. The van der Waals surface area contributed by atoms with E-state index < -0.39 is 29.3 Å². The van der Waals surface area contributed by atoms with Crippen molar-refractivity contribution in [1.82, 2.24) is 0 Å². The molecule has 1 aromatic heterocycles. The van der Waals surface area contributed by atoms with E-state index in [4.69, 9.17) is 5.11 Å². The number of hydrazone groups is 1. The van der Waals surface area contributed by atoms with Gasteiger partial charge in [-0.1, -0.05) is 6.07 Å². The molecule has 1 aliphatic rings. The van der Waals surface area contributed by atoms with Crippen LogP contribution in [-0.2, 0) is 4.79 Å². The van der Waals surface area contributed by atoms with Crippen LogP contribution in [0.2, 0.25) is 0 Å². The summed E-state index contributed by atoms with van der Waals surface area (Å²) in [6, 6.07) is 8.08. The van der Waals surface area contributed by atoms with Crippen LogP contribution in [0.3, 0.4) is 0 Å². The summed E-state index contributed by atoms with van der Waals surface area (Å²) in [5.74, 6) is -2.11. The largest absolute Gasteiger partial charge is 0.478 e. The summed E-state index contributed by atoms with van der Waals surface area (Å²) in [4.78, 5) is 23.8. The topological polar surface area (TPSA) is 70.0 Å². The number of alkyl halides is 3. The summed E-state index contributed by atoms with van der Waals surface area (Å²) < 4.78 is 39.7. The maximum absolute atomic E-state index is 13.2. The summed E-state index contributed by atoms with van der Waals surface area (Å²) in [6.45, 7) is 0. The average Bonchev–Trinajstić information content (AvgIpc) is 3.16. The van der Waals surface area contributed by atoms with Crippen molar-refractivity contribution in [1.29, 1.82) is 0 Å². The van der Waals surface area contributed by atoms with E-state index in [1.165, 1.54) is 35.6 Å². The number of nitrogens with zero attached hydrogens (tertiary/aromatic N) is 2. The van der Waals surface area contributed by atoms with Gasteiger partial charge in [0.2, 0.25) is 0 Å². The lowest BCUT2D eigenvalue weighted by Crippen LogP contribution is -2.25. The number of hydrogen-bond acceptors (Lipinski definition) is 4. The van der Waals surface area contributed by atoms with Crippen LogP contribution in [-0.4, -0.2) is 28.9 Å². The van der Waals surface area contributed by atoms with Gasteiger partial charge in [0.1, 0.15) is 0 Å². The van der Waals surface area contributed by atoms with Gasteiger partial charge in [-0.2, -0.15) is 23.3 Å². The molecule has 1 N–H and O–H groups in total. The lowest BCUT2D eigenvalue weighted by atomic mass is 10.1. The Morgan fingerprint density at radius 2 is 1.88 bits per heavy atom. The van der Waals surface area contributed by atoms with E-state index in [0.717, 1.165) is 6.08 Å². The van der Waals surface area contributed by atoms with E-state index in [0.29, 0.717) is 9.89 Å². The second-order valence-electron chi connectivity index (χ2n) is 4.99. The van der Waals surface area contributed by atoms with E-state index >= 15 is 0 Å². The summed E-state index contributed by atoms with van der Waals surface area (Å²) in [6.07, 6.45) is -3.65. The Morgan fingerprint density at radius 3 is 2.40 bits per heavy atom. The number of amides is 1. The predicted octanol–water partition coefficient (Wildman–Crippen LogP) is 3.79. The van der Waals surface area contributed by atoms with Crippen LogP contribution in [0.25, 0.3) is 6.08 Å². The second-order valence-corrected chi connectivity index (χ2v) is 5.97. The SMILES string of the molecule is O=C(O)c1ccc(N2N=C(C(F)(F)F)/C(=C\c3cccs3)C2=O)cc1. The second kappa shape index (κ2) is 6.17. The molecule has 9 heteroatoms. The van der Waals surface area contributed by atoms with Crippen LogP contribution in [0.15, 0.2) is 52.5 Å². The lowest BCUT2D eigenvalue weighted by molar-refractivity contribution is -0.114. The molecule has 1 aliphatic heterocycles. The van der Waals surface area contributed by atoms with Gasteiger partial charge in [0.25, 0.3) is 5.91 Å².